The molecule has 0 radical (unpaired) electrons. The zero-order valence-electron chi connectivity index (χ0n) is 14.3. The second-order valence-electron chi connectivity index (χ2n) is 6.41. The molecule has 10 heteroatoms. The fraction of sp³-hybridized carbons (Fsp3) is 0.294. The predicted molar refractivity (Wildman–Crippen MR) is 97.9 cm³/mol. The van der Waals surface area contributed by atoms with E-state index in [-0.39, 0.29) is 11.8 Å². The van der Waals surface area contributed by atoms with Crippen molar-refractivity contribution < 1.29 is 4.79 Å². The van der Waals surface area contributed by atoms with E-state index in [1.54, 1.807) is 26.3 Å². The van der Waals surface area contributed by atoms with Gasteiger partial charge in [-0.25, -0.2) is 9.67 Å². The second-order valence-corrected chi connectivity index (χ2v) is 7.13. The maximum Gasteiger partial charge on any atom is 0.273 e. The van der Waals surface area contributed by atoms with E-state index < -0.39 is 0 Å². The number of carbonyl (C=O) groups excluding carboxylic acids is 1. The van der Waals surface area contributed by atoms with Crippen LogP contribution in [0.2, 0.25) is 0 Å². The van der Waals surface area contributed by atoms with Crippen molar-refractivity contribution in [1.29, 1.82) is 0 Å². The predicted octanol–water partition coefficient (Wildman–Crippen LogP) is 1.79. The summed E-state index contributed by atoms with van der Waals surface area (Å²) < 4.78 is 3.50. The summed E-state index contributed by atoms with van der Waals surface area (Å²) in [6.07, 6.45) is 5.21. The van der Waals surface area contributed by atoms with Gasteiger partial charge in [0.05, 0.1) is 5.51 Å². The Morgan fingerprint density at radius 3 is 2.81 bits per heavy atom. The van der Waals surface area contributed by atoms with Crippen LogP contribution < -0.4 is 0 Å². The Hall–Kier alpha value is -3.14. The number of rotatable bonds is 3. The van der Waals surface area contributed by atoms with Crippen LogP contribution in [0.4, 0.5) is 0 Å². The highest BCUT2D eigenvalue weighted by atomic mass is 32.1. The van der Waals surface area contributed by atoms with Gasteiger partial charge in [0.25, 0.3) is 5.91 Å². The first kappa shape index (κ1) is 16.1. The van der Waals surface area contributed by atoms with Crippen LogP contribution in [0.15, 0.2) is 41.5 Å². The molecular weight excluding hydrogens is 364 g/mol. The molecule has 0 saturated carbocycles. The lowest BCUT2D eigenvalue weighted by Gasteiger charge is -2.30. The van der Waals surface area contributed by atoms with Crippen LogP contribution in [-0.4, -0.2) is 58.5 Å². The number of nitrogens with zero attached hydrogens (tertiary/aromatic N) is 8. The molecule has 27 heavy (non-hydrogen) atoms. The van der Waals surface area contributed by atoms with E-state index in [1.807, 2.05) is 29.3 Å². The molecule has 1 saturated heterocycles. The number of carbonyl (C=O) groups is 1. The smallest absolute Gasteiger partial charge is 0.273 e. The molecule has 0 aliphatic carbocycles. The van der Waals surface area contributed by atoms with E-state index >= 15 is 0 Å². The van der Waals surface area contributed by atoms with Gasteiger partial charge in [0.2, 0.25) is 0 Å². The summed E-state index contributed by atoms with van der Waals surface area (Å²) in [5, 5.41) is 19.3. The molecule has 1 amide bonds. The maximum atomic E-state index is 12.5. The van der Waals surface area contributed by atoms with Crippen molar-refractivity contribution in [2.24, 2.45) is 0 Å². The average Bonchev–Trinajstić information content (AvgIpc) is 3.48. The Morgan fingerprint density at radius 1 is 1.19 bits per heavy atom. The second kappa shape index (κ2) is 6.54. The van der Waals surface area contributed by atoms with Crippen LogP contribution in [0, 0.1) is 0 Å². The molecule has 0 aromatic carbocycles. The largest absolute Gasteiger partial charge is 0.337 e. The Bertz CT molecular complexity index is 1060. The zero-order valence-corrected chi connectivity index (χ0v) is 15.2. The number of hydrogen-bond donors (Lipinski definition) is 0. The SMILES string of the molecule is O=C(c1cscn1)N1CCC(c2nnc3ccc(-n4cccn4)nn23)CC1. The number of amides is 1. The van der Waals surface area contributed by atoms with Gasteiger partial charge >= 0.3 is 0 Å². The summed E-state index contributed by atoms with van der Waals surface area (Å²) in [7, 11) is 0. The summed E-state index contributed by atoms with van der Waals surface area (Å²) >= 11 is 1.44. The number of fused-ring (bicyclic) bond motifs is 1. The van der Waals surface area contributed by atoms with Gasteiger partial charge in [0, 0.05) is 36.8 Å². The molecule has 0 N–H and O–H groups in total. The fourth-order valence-electron chi connectivity index (χ4n) is 3.40. The van der Waals surface area contributed by atoms with E-state index in [2.05, 4.69) is 25.4 Å². The number of hydrogen-bond acceptors (Lipinski definition) is 7. The van der Waals surface area contributed by atoms with E-state index in [0.29, 0.717) is 30.2 Å². The van der Waals surface area contributed by atoms with Gasteiger partial charge in [-0.15, -0.1) is 26.6 Å². The molecular formula is C17H16N8OS. The summed E-state index contributed by atoms with van der Waals surface area (Å²) in [6, 6.07) is 5.62. The van der Waals surface area contributed by atoms with Crippen molar-refractivity contribution in [3.8, 4) is 5.82 Å². The van der Waals surface area contributed by atoms with Crippen LogP contribution in [0.1, 0.15) is 35.1 Å². The molecule has 4 aromatic heterocycles. The summed E-state index contributed by atoms with van der Waals surface area (Å²) in [5.41, 5.74) is 2.92. The Balaban J connectivity index is 1.37. The first-order valence-electron chi connectivity index (χ1n) is 8.69. The third-order valence-electron chi connectivity index (χ3n) is 4.81. The molecule has 5 rings (SSSR count). The van der Waals surface area contributed by atoms with Gasteiger partial charge in [-0.1, -0.05) is 0 Å². The van der Waals surface area contributed by atoms with Crippen LogP contribution in [0.3, 0.4) is 0 Å². The summed E-state index contributed by atoms with van der Waals surface area (Å²) in [4.78, 5) is 18.4. The lowest BCUT2D eigenvalue weighted by Crippen LogP contribution is -2.38. The third kappa shape index (κ3) is 2.87. The molecule has 0 unspecified atom stereocenters. The number of aromatic nitrogens is 7. The van der Waals surface area contributed by atoms with E-state index in [4.69, 9.17) is 0 Å². The summed E-state index contributed by atoms with van der Waals surface area (Å²) in [6.45, 7) is 1.35. The van der Waals surface area contributed by atoms with Gasteiger partial charge < -0.3 is 4.90 Å². The lowest BCUT2D eigenvalue weighted by molar-refractivity contribution is 0.0705. The van der Waals surface area contributed by atoms with Crippen molar-refractivity contribution in [3.63, 3.8) is 0 Å². The highest BCUT2D eigenvalue weighted by Gasteiger charge is 2.28. The van der Waals surface area contributed by atoms with Gasteiger partial charge in [-0.2, -0.15) is 9.61 Å². The van der Waals surface area contributed by atoms with Crippen LogP contribution >= 0.6 is 11.3 Å². The molecule has 1 aliphatic heterocycles. The standard InChI is InChI=1S/C17H16N8OS/c26-17(13-10-27-11-18-13)23-8-4-12(5-9-23)16-21-20-14-2-3-15(22-25(14)16)24-7-1-6-19-24/h1-3,6-7,10-12H,4-5,8-9H2. The van der Waals surface area contributed by atoms with E-state index in [0.717, 1.165) is 18.7 Å². The molecule has 1 aliphatic rings. The first-order valence-corrected chi connectivity index (χ1v) is 9.64. The first-order chi connectivity index (χ1) is 13.3. The molecule has 5 heterocycles. The molecule has 0 bridgehead atoms. The minimum Gasteiger partial charge on any atom is -0.337 e. The maximum absolute atomic E-state index is 12.5. The van der Waals surface area contributed by atoms with Crippen molar-refractivity contribution >= 4 is 22.9 Å². The number of thiazole rings is 1. The quantitative estimate of drug-likeness (QED) is 0.538. The topological polar surface area (TPSA) is 94.1 Å². The van der Waals surface area contributed by atoms with E-state index in [9.17, 15) is 4.79 Å². The number of likely N-dealkylation sites (tertiary alicyclic amines) is 1. The van der Waals surface area contributed by atoms with E-state index in [1.165, 1.54) is 11.3 Å². The van der Waals surface area contributed by atoms with Gasteiger partial charge in [-0.3, -0.25) is 4.79 Å². The monoisotopic (exact) mass is 380 g/mol. The molecule has 136 valence electrons. The summed E-state index contributed by atoms with van der Waals surface area (Å²) in [5.74, 6) is 1.75. The third-order valence-corrected chi connectivity index (χ3v) is 5.40. The fourth-order valence-corrected chi connectivity index (χ4v) is 3.92. The molecule has 9 nitrogen and oxygen atoms in total. The molecule has 1 fully saturated rings. The van der Waals surface area contributed by atoms with Crippen LogP contribution in [0.25, 0.3) is 11.5 Å². The Kier molecular flexibility index (Phi) is 3.89. The van der Waals surface area contributed by atoms with Crippen molar-refractivity contribution in [1.82, 2.24) is 39.5 Å². The average molecular weight is 380 g/mol. The minimum absolute atomic E-state index is 0.0000974. The Morgan fingerprint density at radius 2 is 2.07 bits per heavy atom. The zero-order chi connectivity index (χ0) is 18.2. The molecule has 0 spiro atoms. The van der Waals surface area contributed by atoms with Gasteiger partial charge in [-0.05, 0) is 31.0 Å². The van der Waals surface area contributed by atoms with Crippen molar-refractivity contribution in [2.75, 3.05) is 13.1 Å². The minimum atomic E-state index is -0.0000974. The molecule has 0 atom stereocenters. The van der Waals surface area contributed by atoms with Gasteiger partial charge in [0.15, 0.2) is 17.3 Å². The van der Waals surface area contributed by atoms with Crippen molar-refractivity contribution in [2.45, 2.75) is 18.8 Å². The van der Waals surface area contributed by atoms with Crippen molar-refractivity contribution in [3.05, 3.63) is 53.0 Å². The number of piperidine rings is 1. The highest BCUT2D eigenvalue weighted by Crippen LogP contribution is 2.27. The highest BCUT2D eigenvalue weighted by molar-refractivity contribution is 7.07. The van der Waals surface area contributed by atoms with Crippen LogP contribution in [0.5, 0.6) is 0 Å². The van der Waals surface area contributed by atoms with Crippen LogP contribution in [-0.2, 0) is 0 Å². The Labute approximate surface area is 158 Å². The normalized spacial score (nSPS) is 15.5. The molecule has 4 aromatic rings. The van der Waals surface area contributed by atoms with Gasteiger partial charge in [0.1, 0.15) is 5.69 Å². The lowest BCUT2D eigenvalue weighted by atomic mass is 9.96.